The summed E-state index contributed by atoms with van der Waals surface area (Å²) in [7, 11) is 0. The summed E-state index contributed by atoms with van der Waals surface area (Å²) < 4.78 is 5.98. The van der Waals surface area contributed by atoms with Gasteiger partial charge >= 0.3 is 0 Å². The maximum Gasteiger partial charge on any atom is 0.115 e. The van der Waals surface area contributed by atoms with E-state index in [2.05, 4.69) is 61.2 Å². The molecule has 2 heteroatoms. The van der Waals surface area contributed by atoms with E-state index in [1.165, 1.54) is 5.56 Å². The van der Waals surface area contributed by atoms with Gasteiger partial charge in [-0.25, -0.2) is 0 Å². The van der Waals surface area contributed by atoms with Crippen LogP contribution in [0.1, 0.15) is 31.9 Å². The van der Waals surface area contributed by atoms with Gasteiger partial charge < -0.3 is 4.74 Å². The minimum Gasteiger partial charge on any atom is -0.361 e. The summed E-state index contributed by atoms with van der Waals surface area (Å²) in [4.78, 5) is 2.56. The second kappa shape index (κ2) is 4.87. The van der Waals surface area contributed by atoms with Crippen LogP contribution in [0.5, 0.6) is 0 Å². The second-order valence-electron chi connectivity index (χ2n) is 5.56. The van der Waals surface area contributed by atoms with E-state index in [4.69, 9.17) is 4.74 Å². The Morgan fingerprint density at radius 3 is 2.72 bits per heavy atom. The standard InChI is InChI=1S/C16H21NO/c1-12(2)14-9-6-10-16-17(14)15(11-18-16)13-7-4-3-5-8-13/h3-9,12,14-16H,10-11H2,1-2H3/t14-,15+,16-/m1/s1. The summed E-state index contributed by atoms with van der Waals surface area (Å²) in [5, 5.41) is 0. The first kappa shape index (κ1) is 11.9. The van der Waals surface area contributed by atoms with E-state index >= 15 is 0 Å². The highest BCUT2D eigenvalue weighted by Crippen LogP contribution is 2.38. The van der Waals surface area contributed by atoms with Crippen molar-refractivity contribution in [3.63, 3.8) is 0 Å². The number of fused-ring (bicyclic) bond motifs is 1. The van der Waals surface area contributed by atoms with E-state index < -0.39 is 0 Å². The molecule has 2 heterocycles. The van der Waals surface area contributed by atoms with Crippen molar-refractivity contribution >= 4 is 0 Å². The van der Waals surface area contributed by atoms with Crippen molar-refractivity contribution < 1.29 is 4.74 Å². The van der Waals surface area contributed by atoms with Gasteiger partial charge in [-0.3, -0.25) is 4.90 Å². The maximum absolute atomic E-state index is 5.98. The van der Waals surface area contributed by atoms with Crippen molar-refractivity contribution in [1.82, 2.24) is 4.90 Å². The van der Waals surface area contributed by atoms with Crippen molar-refractivity contribution in [2.75, 3.05) is 6.61 Å². The van der Waals surface area contributed by atoms with Gasteiger partial charge in [0.2, 0.25) is 0 Å². The molecule has 2 aliphatic heterocycles. The SMILES string of the molecule is CC(C)[C@H]1C=CC[C@H]2OC[C@@H](c3ccccc3)N12. The molecule has 0 amide bonds. The molecular formula is C16H21NO. The quantitative estimate of drug-likeness (QED) is 0.738. The summed E-state index contributed by atoms with van der Waals surface area (Å²) in [6.07, 6.45) is 5.92. The zero-order valence-corrected chi connectivity index (χ0v) is 11.1. The van der Waals surface area contributed by atoms with Crippen molar-refractivity contribution in [3.05, 3.63) is 48.0 Å². The summed E-state index contributed by atoms with van der Waals surface area (Å²) in [5.74, 6) is 0.622. The molecule has 1 aromatic carbocycles. The third kappa shape index (κ3) is 2.00. The number of nitrogens with zero attached hydrogens (tertiary/aromatic N) is 1. The van der Waals surface area contributed by atoms with Crippen LogP contribution in [0, 0.1) is 5.92 Å². The van der Waals surface area contributed by atoms with Gasteiger partial charge in [0.1, 0.15) is 6.23 Å². The first-order chi connectivity index (χ1) is 8.77. The Morgan fingerprint density at radius 2 is 2.00 bits per heavy atom. The van der Waals surface area contributed by atoms with Gasteiger partial charge in [-0.2, -0.15) is 0 Å². The minimum absolute atomic E-state index is 0.271. The van der Waals surface area contributed by atoms with Gasteiger partial charge in [-0.1, -0.05) is 56.3 Å². The zero-order chi connectivity index (χ0) is 12.5. The Labute approximate surface area is 109 Å². The summed E-state index contributed by atoms with van der Waals surface area (Å²) in [6, 6.07) is 11.6. The van der Waals surface area contributed by atoms with Gasteiger partial charge in [-0.05, 0) is 11.5 Å². The van der Waals surface area contributed by atoms with Crippen LogP contribution in [-0.2, 0) is 4.74 Å². The molecule has 0 aliphatic carbocycles. The molecule has 0 aromatic heterocycles. The summed E-state index contributed by atoms with van der Waals surface area (Å²) in [6.45, 7) is 5.40. The average molecular weight is 243 g/mol. The summed E-state index contributed by atoms with van der Waals surface area (Å²) in [5.41, 5.74) is 1.38. The lowest BCUT2D eigenvalue weighted by Gasteiger charge is -2.38. The van der Waals surface area contributed by atoms with Crippen LogP contribution in [0.15, 0.2) is 42.5 Å². The van der Waals surface area contributed by atoms with E-state index in [0.29, 0.717) is 18.0 Å². The lowest BCUT2D eigenvalue weighted by molar-refractivity contribution is 0.00268. The predicted octanol–water partition coefficient (Wildman–Crippen LogP) is 3.37. The molecule has 0 saturated carbocycles. The molecule has 18 heavy (non-hydrogen) atoms. The highest BCUT2D eigenvalue weighted by Gasteiger charge is 2.40. The first-order valence-corrected chi connectivity index (χ1v) is 6.88. The fourth-order valence-corrected chi connectivity index (χ4v) is 3.11. The fraction of sp³-hybridized carbons (Fsp3) is 0.500. The largest absolute Gasteiger partial charge is 0.361 e. The molecule has 0 spiro atoms. The minimum atomic E-state index is 0.271. The zero-order valence-electron chi connectivity index (χ0n) is 11.1. The molecular weight excluding hydrogens is 222 g/mol. The molecule has 3 rings (SSSR count). The second-order valence-corrected chi connectivity index (χ2v) is 5.56. The first-order valence-electron chi connectivity index (χ1n) is 6.88. The number of rotatable bonds is 2. The van der Waals surface area contributed by atoms with Crippen molar-refractivity contribution in [1.29, 1.82) is 0 Å². The normalized spacial score (nSPS) is 31.8. The van der Waals surface area contributed by atoms with Gasteiger partial charge in [0.25, 0.3) is 0 Å². The van der Waals surface area contributed by atoms with Crippen molar-refractivity contribution in [3.8, 4) is 0 Å². The van der Waals surface area contributed by atoms with Gasteiger partial charge in [-0.15, -0.1) is 0 Å². The monoisotopic (exact) mass is 243 g/mol. The van der Waals surface area contributed by atoms with E-state index in [1.807, 2.05) is 0 Å². The Balaban J connectivity index is 1.91. The van der Waals surface area contributed by atoms with Crippen LogP contribution < -0.4 is 0 Å². The van der Waals surface area contributed by atoms with Crippen LogP contribution in [0.25, 0.3) is 0 Å². The van der Waals surface area contributed by atoms with Crippen LogP contribution in [0.3, 0.4) is 0 Å². The Hall–Kier alpha value is -1.12. The van der Waals surface area contributed by atoms with Gasteiger partial charge in [0, 0.05) is 12.5 Å². The fourth-order valence-electron chi connectivity index (χ4n) is 3.11. The molecule has 0 radical (unpaired) electrons. The van der Waals surface area contributed by atoms with Crippen LogP contribution in [0.2, 0.25) is 0 Å². The molecule has 2 nitrogen and oxygen atoms in total. The van der Waals surface area contributed by atoms with Crippen LogP contribution in [-0.4, -0.2) is 23.8 Å². The molecule has 96 valence electrons. The molecule has 0 N–H and O–H groups in total. The number of ether oxygens (including phenoxy) is 1. The van der Waals surface area contributed by atoms with E-state index in [0.717, 1.165) is 13.0 Å². The Morgan fingerprint density at radius 1 is 1.22 bits per heavy atom. The lowest BCUT2D eigenvalue weighted by Crippen LogP contribution is -2.44. The third-order valence-corrected chi connectivity index (χ3v) is 4.02. The molecule has 1 saturated heterocycles. The smallest absolute Gasteiger partial charge is 0.115 e. The van der Waals surface area contributed by atoms with Gasteiger partial charge in [0.15, 0.2) is 0 Å². The lowest BCUT2D eigenvalue weighted by atomic mass is 9.94. The molecule has 0 bridgehead atoms. The van der Waals surface area contributed by atoms with E-state index in [-0.39, 0.29) is 6.23 Å². The van der Waals surface area contributed by atoms with E-state index in [9.17, 15) is 0 Å². The predicted molar refractivity (Wildman–Crippen MR) is 73.1 cm³/mol. The van der Waals surface area contributed by atoms with E-state index in [1.54, 1.807) is 0 Å². The number of hydrogen-bond donors (Lipinski definition) is 0. The topological polar surface area (TPSA) is 12.5 Å². The average Bonchev–Trinajstić information content (AvgIpc) is 2.83. The number of benzene rings is 1. The summed E-state index contributed by atoms with van der Waals surface area (Å²) >= 11 is 0. The van der Waals surface area contributed by atoms with Crippen molar-refractivity contribution in [2.45, 2.75) is 38.6 Å². The molecule has 1 fully saturated rings. The molecule has 3 atom stereocenters. The van der Waals surface area contributed by atoms with Crippen LogP contribution >= 0.6 is 0 Å². The molecule has 2 aliphatic rings. The van der Waals surface area contributed by atoms with Crippen LogP contribution in [0.4, 0.5) is 0 Å². The third-order valence-electron chi connectivity index (χ3n) is 4.02. The maximum atomic E-state index is 5.98. The number of hydrogen-bond acceptors (Lipinski definition) is 2. The Bertz CT molecular complexity index is 426. The highest BCUT2D eigenvalue weighted by atomic mass is 16.5. The van der Waals surface area contributed by atoms with Crippen molar-refractivity contribution in [2.24, 2.45) is 5.92 Å². The molecule has 1 aromatic rings. The van der Waals surface area contributed by atoms with Gasteiger partial charge in [0.05, 0.1) is 12.6 Å². The Kier molecular flexibility index (Phi) is 3.23. The molecule has 0 unspecified atom stereocenters. The highest BCUT2D eigenvalue weighted by molar-refractivity contribution is 5.22.